The van der Waals surface area contributed by atoms with Crippen molar-refractivity contribution in [2.75, 3.05) is 38.5 Å². The Labute approximate surface area is 602 Å². The number of carbonyl (C=O) groups excluding carboxylic acids is 15. The SMILES string of the molecule is CCCCCCCCCCCCNC(=O)N[C@@H](CC(N)=O)C(=O)N[C@@H](CC(=O)O)C(=O)NC1C(=O)NCC(=O)NC(CCCN)C(=O)NC(CC(=O)O)C(=O)NC(C)C(=O)NC(CC(=O)O)C(=O)NCC(=O)NC(CO)C(=O)NC(C(C)CC(=O)O)C(=O)NC(CC(=O)c2ccccc2N)C(=O)OC1C. The van der Waals surface area contributed by atoms with Gasteiger partial charge in [-0.2, -0.15) is 0 Å². The van der Waals surface area contributed by atoms with Crippen molar-refractivity contribution in [1.29, 1.82) is 0 Å². The minimum Gasteiger partial charge on any atom is -0.481 e. The highest BCUT2D eigenvalue weighted by molar-refractivity contribution is 6.05. The molecule has 1 aliphatic heterocycles. The number of para-hydroxylation sites is 1. The van der Waals surface area contributed by atoms with Gasteiger partial charge in [0.05, 0.1) is 51.8 Å². The number of ether oxygens (including phenoxy) is 1. The summed E-state index contributed by atoms with van der Waals surface area (Å²) in [5, 5.41) is 77.3. The molecule has 10 unspecified atom stereocenters. The first kappa shape index (κ1) is 90.0. The number of ketones is 1. The van der Waals surface area contributed by atoms with Crippen LogP contribution in [0.15, 0.2) is 24.3 Å². The van der Waals surface area contributed by atoms with Gasteiger partial charge in [-0.1, -0.05) is 83.8 Å². The number of carbonyl (C=O) groups is 19. The Balaban J connectivity index is 2.88. The number of unbranched alkanes of at least 4 members (excludes halogenated alkanes) is 9. The Morgan fingerprint density at radius 2 is 1.07 bits per heavy atom. The average molecular weight is 1490 g/mol. The first-order valence-electron chi connectivity index (χ1n) is 33.9. The molecule has 0 aliphatic carbocycles. The van der Waals surface area contributed by atoms with Crippen molar-refractivity contribution < 1.29 is 121 Å². The van der Waals surface area contributed by atoms with E-state index in [2.05, 4.69) is 60.1 Å². The first-order valence-corrected chi connectivity index (χ1v) is 33.9. The summed E-state index contributed by atoms with van der Waals surface area (Å²) in [6, 6.07) is -16.4. The molecule has 41 heteroatoms. The van der Waals surface area contributed by atoms with Crippen molar-refractivity contribution >= 4 is 118 Å². The zero-order valence-electron chi connectivity index (χ0n) is 58.6. The number of nitrogen functional groups attached to an aromatic ring is 1. The highest BCUT2D eigenvalue weighted by Crippen LogP contribution is 2.18. The van der Waals surface area contributed by atoms with Crippen LogP contribution in [0.4, 0.5) is 10.5 Å². The van der Waals surface area contributed by atoms with Gasteiger partial charge in [0.2, 0.25) is 70.9 Å². The number of rotatable bonds is 34. The third-order valence-electron chi connectivity index (χ3n) is 15.9. The highest BCUT2D eigenvalue weighted by Gasteiger charge is 2.40. The summed E-state index contributed by atoms with van der Waals surface area (Å²) in [4.78, 5) is 255. The van der Waals surface area contributed by atoms with E-state index in [-0.39, 0.29) is 37.2 Å². The number of Topliss-reactive ketones (excluding diaryl/α,β-unsaturated/α-hetero) is 1. The van der Waals surface area contributed by atoms with Crippen LogP contribution < -0.4 is 86.3 Å². The van der Waals surface area contributed by atoms with Crippen molar-refractivity contribution in [1.82, 2.24) is 69.1 Å². The van der Waals surface area contributed by atoms with E-state index in [4.69, 9.17) is 21.9 Å². The molecule has 105 heavy (non-hydrogen) atoms. The molecule has 0 bridgehead atoms. The van der Waals surface area contributed by atoms with Crippen LogP contribution in [0, 0.1) is 5.92 Å². The molecule has 584 valence electrons. The smallest absolute Gasteiger partial charge is 0.329 e. The van der Waals surface area contributed by atoms with Crippen LogP contribution in [0.25, 0.3) is 0 Å². The molecule has 24 N–H and O–H groups in total. The Morgan fingerprint density at radius 3 is 1.62 bits per heavy atom. The fraction of sp³-hybridized carbons (Fsp3) is 0.609. The predicted octanol–water partition coefficient (Wildman–Crippen LogP) is -5.87. The van der Waals surface area contributed by atoms with Gasteiger partial charge in [0, 0.05) is 24.2 Å². The Bertz CT molecular complexity index is 3270. The number of primary amides is 1. The Morgan fingerprint density at radius 1 is 0.552 bits per heavy atom. The van der Waals surface area contributed by atoms with E-state index in [9.17, 15) is 117 Å². The fourth-order valence-corrected chi connectivity index (χ4v) is 10.2. The molecular formula is C64H98N16O25. The van der Waals surface area contributed by atoms with Crippen LogP contribution in [0.5, 0.6) is 0 Å². The second-order valence-electron chi connectivity index (χ2n) is 24.8. The summed E-state index contributed by atoms with van der Waals surface area (Å²) in [6.45, 7) is 1.40. The number of carboxylic acid groups (broad SMARTS) is 4. The number of hydrogen-bond acceptors (Lipinski definition) is 23. The summed E-state index contributed by atoms with van der Waals surface area (Å²) in [6.07, 6.45) is 0.491. The normalized spacial score (nSPS) is 21.8. The lowest BCUT2D eigenvalue weighted by Crippen LogP contribution is -2.61. The van der Waals surface area contributed by atoms with Gasteiger partial charge in [-0.3, -0.25) is 81.5 Å². The summed E-state index contributed by atoms with van der Waals surface area (Å²) >= 11 is 0. The van der Waals surface area contributed by atoms with E-state index in [0.717, 1.165) is 78.6 Å². The standard InChI is InChI=1S/C64H98N16O25/c1-5-6-7-8-9-10-11-12-13-16-22-68-64(104)78-38(25-45(67)83)58(98)76-41(28-51(92)93)59(99)80-53-34(4)105-63(103)42(24-44(82)35-18-14-15-19-36(35)66)77-62(102)52(32(2)23-48(86)87)79-60(100)43(31-81)73-47(85)29-69-55(95)39(26-49(88)89)74-54(94)33(3)71-57(97)40(27-50(90)91)75-56(96)37(20-17-21-65)72-46(84)30-70-61(53)101/h14-15,18-19,32-34,37-43,52-53,81H,5-13,16-17,20-31,65-66H2,1-4H3,(H2,67,83)(H,69,95)(H,70,101)(H,71,97)(H,72,84)(H,73,85)(H,74,94)(H,75,96)(H,76,98)(H,77,102)(H,79,100)(H,80,99)(H,86,87)(H,88,89)(H,90,91)(H,92,93)(H2,68,78,104)/t32?,33?,34?,37?,38-,39?,40?,41-,42?,43?,52?,53?/m0/s1. The molecule has 0 aromatic heterocycles. The molecule has 2 rings (SSSR count). The van der Waals surface area contributed by atoms with Crippen molar-refractivity contribution in [2.45, 2.75) is 210 Å². The molecule has 1 aliphatic rings. The third kappa shape index (κ3) is 34.6. The van der Waals surface area contributed by atoms with E-state index in [1.165, 1.54) is 24.3 Å². The molecule has 1 saturated heterocycles. The number of carboxylic acids is 4. The number of aliphatic carboxylic acids is 4. The Hall–Kier alpha value is -11.1. The van der Waals surface area contributed by atoms with Gasteiger partial charge >= 0.3 is 35.9 Å². The number of amides is 14. The lowest BCUT2D eigenvalue weighted by molar-refractivity contribution is -0.156. The lowest BCUT2D eigenvalue weighted by Gasteiger charge is -2.30. The van der Waals surface area contributed by atoms with Crippen LogP contribution in [0.1, 0.15) is 154 Å². The Kier molecular flexibility index (Phi) is 40.4. The van der Waals surface area contributed by atoms with Crippen LogP contribution >= 0.6 is 0 Å². The number of anilines is 1. The number of hydrogen-bond donors (Lipinski definition) is 21. The van der Waals surface area contributed by atoms with E-state index in [0.29, 0.717) is 6.42 Å². The maximum absolute atomic E-state index is 14.7. The summed E-state index contributed by atoms with van der Waals surface area (Å²) in [5.41, 5.74) is 16.7. The molecule has 41 nitrogen and oxygen atoms in total. The maximum Gasteiger partial charge on any atom is 0.329 e. The number of cyclic esters (lactones) is 1. The van der Waals surface area contributed by atoms with Crippen molar-refractivity contribution in [3.8, 4) is 0 Å². The maximum atomic E-state index is 14.7. The van der Waals surface area contributed by atoms with Gasteiger partial charge in [-0.05, 0) is 57.7 Å². The van der Waals surface area contributed by atoms with Crippen LogP contribution in [-0.2, 0) is 86.2 Å². The van der Waals surface area contributed by atoms with E-state index < -0.39 is 243 Å². The molecular weight excluding hydrogens is 1390 g/mol. The zero-order chi connectivity index (χ0) is 79.0. The number of nitrogens with one attached hydrogen (secondary N) is 13. The van der Waals surface area contributed by atoms with Crippen LogP contribution in [0.2, 0.25) is 0 Å². The molecule has 1 aromatic carbocycles. The first-order chi connectivity index (χ1) is 49.5. The van der Waals surface area contributed by atoms with Crippen molar-refractivity contribution in [3.05, 3.63) is 29.8 Å². The van der Waals surface area contributed by atoms with Gasteiger partial charge in [0.15, 0.2) is 5.78 Å². The summed E-state index contributed by atoms with van der Waals surface area (Å²) < 4.78 is 5.63. The minimum absolute atomic E-state index is 0.0733. The van der Waals surface area contributed by atoms with Crippen LogP contribution in [-0.4, -0.2) is 237 Å². The highest BCUT2D eigenvalue weighted by atomic mass is 16.5. The zero-order valence-corrected chi connectivity index (χ0v) is 58.6. The number of benzene rings is 1. The lowest BCUT2D eigenvalue weighted by atomic mass is 9.96. The van der Waals surface area contributed by atoms with Crippen molar-refractivity contribution in [3.63, 3.8) is 0 Å². The quantitative estimate of drug-likeness (QED) is 0.0132. The van der Waals surface area contributed by atoms with E-state index >= 15 is 0 Å². The molecule has 0 saturated carbocycles. The van der Waals surface area contributed by atoms with E-state index in [1.54, 1.807) is 0 Å². The third-order valence-corrected chi connectivity index (χ3v) is 15.9. The van der Waals surface area contributed by atoms with Gasteiger partial charge in [0.1, 0.15) is 66.5 Å². The number of aliphatic hydroxyl groups is 1. The fourth-order valence-electron chi connectivity index (χ4n) is 10.2. The average Bonchev–Trinajstić information content (AvgIpc) is 0.814. The molecule has 14 amide bonds. The van der Waals surface area contributed by atoms with Gasteiger partial charge in [0.25, 0.3) is 0 Å². The van der Waals surface area contributed by atoms with E-state index in [1.807, 2.05) is 16.0 Å². The van der Waals surface area contributed by atoms with Gasteiger partial charge < -0.3 is 117 Å². The van der Waals surface area contributed by atoms with Crippen molar-refractivity contribution in [2.24, 2.45) is 17.4 Å². The number of urea groups is 1. The summed E-state index contributed by atoms with van der Waals surface area (Å²) in [5.74, 6) is -27.6. The van der Waals surface area contributed by atoms with Gasteiger partial charge in [-0.25, -0.2) is 9.59 Å². The number of esters is 1. The topological polar surface area (TPSA) is 669 Å². The number of aliphatic hydroxyl groups excluding tert-OH is 1. The predicted molar refractivity (Wildman–Crippen MR) is 364 cm³/mol. The molecule has 1 fully saturated rings. The minimum atomic E-state index is -2.39. The summed E-state index contributed by atoms with van der Waals surface area (Å²) in [7, 11) is 0. The monoisotopic (exact) mass is 1490 g/mol. The second-order valence-corrected chi connectivity index (χ2v) is 24.8. The molecule has 1 aromatic rings. The number of nitrogens with two attached hydrogens (primary N) is 3. The molecule has 0 spiro atoms. The van der Waals surface area contributed by atoms with Crippen LogP contribution in [0.3, 0.4) is 0 Å². The largest absolute Gasteiger partial charge is 0.481 e. The second kappa shape index (κ2) is 47.2. The molecule has 12 atom stereocenters. The molecule has 1 heterocycles. The van der Waals surface area contributed by atoms with Gasteiger partial charge in [-0.15, -0.1) is 0 Å². The molecule has 0 radical (unpaired) electrons.